The van der Waals surface area contributed by atoms with Gasteiger partial charge in [-0.1, -0.05) is 0 Å². The number of thiocarbonyl (C=S) groups is 1. The molecule has 0 saturated carbocycles. The first kappa shape index (κ1) is 13.4. The van der Waals surface area contributed by atoms with E-state index in [1.807, 2.05) is 19.0 Å². The van der Waals surface area contributed by atoms with Crippen LogP contribution in [0.25, 0.3) is 0 Å². The second kappa shape index (κ2) is 6.78. The van der Waals surface area contributed by atoms with Crippen molar-refractivity contribution in [2.45, 2.75) is 13.8 Å². The Bertz CT molecular complexity index is 453. The van der Waals surface area contributed by atoms with Crippen LogP contribution in [0.15, 0.2) is 23.2 Å². The molecule has 1 amide bonds. The van der Waals surface area contributed by atoms with Gasteiger partial charge in [-0.15, -0.1) is 0 Å². The van der Waals surface area contributed by atoms with Crippen LogP contribution >= 0.6 is 12.2 Å². The van der Waals surface area contributed by atoms with E-state index in [1.54, 1.807) is 18.2 Å². The number of nitrogens with zero attached hydrogens (tertiary/aromatic N) is 1. The number of carbonyl (C=O) groups excluding carboxylic acids is 1. The predicted molar refractivity (Wildman–Crippen MR) is 68.1 cm³/mol. The van der Waals surface area contributed by atoms with E-state index >= 15 is 0 Å². The highest BCUT2D eigenvalue weighted by Crippen LogP contribution is 2.28. The zero-order valence-electron chi connectivity index (χ0n) is 9.73. The third-order valence-corrected chi connectivity index (χ3v) is 2.03. The molecule has 0 fully saturated rings. The second-order valence-electron chi connectivity index (χ2n) is 3.04. The lowest BCUT2D eigenvalue weighted by Gasteiger charge is -2.11. The average Bonchev–Trinajstić information content (AvgIpc) is 2.32. The third-order valence-electron chi connectivity index (χ3n) is 1.94. The fourth-order valence-electron chi connectivity index (χ4n) is 1.29. The molecule has 0 N–H and O–H groups in total. The molecule has 0 atom stereocenters. The molecule has 1 aromatic carbocycles. The van der Waals surface area contributed by atoms with Crippen LogP contribution in [0.1, 0.15) is 24.2 Å². The Hall–Kier alpha value is -1.71. The van der Waals surface area contributed by atoms with Crippen molar-refractivity contribution in [2.75, 3.05) is 13.2 Å². The second-order valence-corrected chi connectivity index (χ2v) is 3.22. The molecule has 0 spiro atoms. The first-order valence-electron chi connectivity index (χ1n) is 5.24. The van der Waals surface area contributed by atoms with Gasteiger partial charge in [-0.2, -0.15) is 4.99 Å². The van der Waals surface area contributed by atoms with Crippen LogP contribution in [0.4, 0.5) is 0 Å². The van der Waals surface area contributed by atoms with Gasteiger partial charge in [0.1, 0.15) is 0 Å². The molecule has 1 rings (SSSR count). The molecular formula is C12H13NO3S. The SMILES string of the molecule is CCOc1ccc(C(=O)N=C=S)cc1OCC. The van der Waals surface area contributed by atoms with Crippen LogP contribution in [0, 0.1) is 0 Å². The highest BCUT2D eigenvalue weighted by molar-refractivity contribution is 7.78. The number of carbonyl (C=O) groups is 1. The summed E-state index contributed by atoms with van der Waals surface area (Å²) in [4.78, 5) is 14.9. The zero-order chi connectivity index (χ0) is 12.7. The molecule has 0 aliphatic rings. The lowest BCUT2D eigenvalue weighted by atomic mass is 10.2. The molecule has 4 nitrogen and oxygen atoms in total. The van der Waals surface area contributed by atoms with Crippen molar-refractivity contribution in [3.8, 4) is 11.5 Å². The van der Waals surface area contributed by atoms with Crippen LogP contribution < -0.4 is 9.47 Å². The highest BCUT2D eigenvalue weighted by atomic mass is 32.1. The first-order valence-corrected chi connectivity index (χ1v) is 5.65. The molecule has 0 bridgehead atoms. The minimum Gasteiger partial charge on any atom is -0.490 e. The van der Waals surface area contributed by atoms with Gasteiger partial charge < -0.3 is 9.47 Å². The minimum absolute atomic E-state index is 0.397. The summed E-state index contributed by atoms with van der Waals surface area (Å²) in [5, 5.41) is 2.04. The van der Waals surface area contributed by atoms with Gasteiger partial charge in [0, 0.05) is 5.56 Å². The smallest absolute Gasteiger partial charge is 0.285 e. The summed E-state index contributed by atoms with van der Waals surface area (Å²) in [5.74, 6) is 0.695. The predicted octanol–water partition coefficient (Wildman–Crippen LogP) is 2.73. The summed E-state index contributed by atoms with van der Waals surface area (Å²) in [6.07, 6.45) is 0. The van der Waals surface area contributed by atoms with Gasteiger partial charge in [-0.05, 0) is 44.3 Å². The molecule has 0 aliphatic heterocycles. The maximum atomic E-state index is 11.5. The van der Waals surface area contributed by atoms with Crippen molar-refractivity contribution >= 4 is 23.3 Å². The Morgan fingerprint density at radius 3 is 2.53 bits per heavy atom. The van der Waals surface area contributed by atoms with Gasteiger partial charge >= 0.3 is 0 Å². The summed E-state index contributed by atoms with van der Waals surface area (Å²) in [6.45, 7) is 4.77. The Morgan fingerprint density at radius 1 is 1.29 bits per heavy atom. The van der Waals surface area contributed by atoms with Gasteiger partial charge in [0.05, 0.1) is 18.4 Å². The van der Waals surface area contributed by atoms with E-state index in [2.05, 4.69) is 17.2 Å². The van der Waals surface area contributed by atoms with E-state index in [9.17, 15) is 4.79 Å². The van der Waals surface area contributed by atoms with Crippen molar-refractivity contribution in [3.05, 3.63) is 23.8 Å². The number of hydrogen-bond donors (Lipinski definition) is 0. The van der Waals surface area contributed by atoms with E-state index in [0.717, 1.165) is 0 Å². The fourth-order valence-corrected chi connectivity index (χ4v) is 1.37. The van der Waals surface area contributed by atoms with Crippen LogP contribution in [0.3, 0.4) is 0 Å². The first-order chi connectivity index (χ1) is 8.22. The van der Waals surface area contributed by atoms with Crippen molar-refractivity contribution < 1.29 is 14.3 Å². The number of aliphatic imine (C=N–C) groups is 1. The third kappa shape index (κ3) is 3.66. The topological polar surface area (TPSA) is 47.9 Å². The molecule has 0 unspecified atom stereocenters. The molecule has 0 aliphatic carbocycles. The van der Waals surface area contributed by atoms with Crippen molar-refractivity contribution in [1.82, 2.24) is 0 Å². The molecule has 0 saturated heterocycles. The lowest BCUT2D eigenvalue weighted by Crippen LogP contribution is -2.01. The fraction of sp³-hybridized carbons (Fsp3) is 0.333. The molecule has 0 aromatic heterocycles. The standard InChI is InChI=1S/C12H13NO3S/c1-3-15-10-6-5-9(12(14)13-8-17)7-11(10)16-4-2/h5-7H,3-4H2,1-2H3. The van der Waals surface area contributed by atoms with E-state index in [-0.39, 0.29) is 0 Å². The molecule has 0 radical (unpaired) electrons. The van der Waals surface area contributed by atoms with Crippen LogP contribution in [-0.2, 0) is 0 Å². The maximum absolute atomic E-state index is 11.5. The average molecular weight is 251 g/mol. The van der Waals surface area contributed by atoms with E-state index in [0.29, 0.717) is 30.3 Å². The maximum Gasteiger partial charge on any atom is 0.285 e. The number of benzene rings is 1. The Labute approximate surface area is 105 Å². The van der Waals surface area contributed by atoms with Gasteiger partial charge in [0.2, 0.25) is 0 Å². The summed E-state index contributed by atoms with van der Waals surface area (Å²) in [5.41, 5.74) is 0.397. The summed E-state index contributed by atoms with van der Waals surface area (Å²) in [6, 6.07) is 4.89. The van der Waals surface area contributed by atoms with Gasteiger partial charge in [-0.3, -0.25) is 4.79 Å². The summed E-state index contributed by atoms with van der Waals surface area (Å²) in [7, 11) is 0. The number of ether oxygens (including phenoxy) is 2. The van der Waals surface area contributed by atoms with E-state index in [4.69, 9.17) is 9.47 Å². The monoisotopic (exact) mass is 251 g/mol. The minimum atomic E-state index is -0.441. The van der Waals surface area contributed by atoms with E-state index in [1.165, 1.54) is 0 Å². The zero-order valence-corrected chi connectivity index (χ0v) is 10.5. The molecule has 17 heavy (non-hydrogen) atoms. The lowest BCUT2D eigenvalue weighted by molar-refractivity contribution is 0.100. The summed E-state index contributed by atoms with van der Waals surface area (Å²) < 4.78 is 10.8. The van der Waals surface area contributed by atoms with Crippen molar-refractivity contribution in [2.24, 2.45) is 4.99 Å². The molecule has 0 heterocycles. The Kier molecular flexibility index (Phi) is 5.33. The molecular weight excluding hydrogens is 238 g/mol. The van der Waals surface area contributed by atoms with Crippen molar-refractivity contribution in [1.29, 1.82) is 0 Å². The molecule has 90 valence electrons. The van der Waals surface area contributed by atoms with Gasteiger partial charge in [0.25, 0.3) is 5.91 Å². The number of hydrogen-bond acceptors (Lipinski definition) is 4. The molecule has 1 aromatic rings. The number of rotatable bonds is 5. The molecule has 5 heteroatoms. The van der Waals surface area contributed by atoms with Crippen LogP contribution in [0.5, 0.6) is 11.5 Å². The van der Waals surface area contributed by atoms with E-state index < -0.39 is 5.91 Å². The van der Waals surface area contributed by atoms with Gasteiger partial charge in [0.15, 0.2) is 11.5 Å². The van der Waals surface area contributed by atoms with Crippen LogP contribution in [0.2, 0.25) is 0 Å². The van der Waals surface area contributed by atoms with Crippen LogP contribution in [-0.4, -0.2) is 24.3 Å². The number of amides is 1. The highest BCUT2D eigenvalue weighted by Gasteiger charge is 2.10. The van der Waals surface area contributed by atoms with Crippen molar-refractivity contribution in [3.63, 3.8) is 0 Å². The largest absolute Gasteiger partial charge is 0.490 e. The van der Waals surface area contributed by atoms with Gasteiger partial charge in [-0.25, -0.2) is 0 Å². The Morgan fingerprint density at radius 2 is 1.94 bits per heavy atom. The normalized spacial score (nSPS) is 9.29. The Balaban J connectivity index is 3.08. The number of isothiocyanates is 1. The summed E-state index contributed by atoms with van der Waals surface area (Å²) >= 11 is 4.39. The quantitative estimate of drug-likeness (QED) is 0.596.